The zero-order valence-corrected chi connectivity index (χ0v) is 20.0. The summed E-state index contributed by atoms with van der Waals surface area (Å²) in [6, 6.07) is 13.0. The maximum absolute atomic E-state index is 13.5. The Labute approximate surface area is 200 Å². The first-order valence-electron chi connectivity index (χ1n) is 9.90. The maximum Gasteiger partial charge on any atom is 0.280 e. The predicted octanol–water partition coefficient (Wildman–Crippen LogP) is 5.04. The number of aromatic amines is 1. The summed E-state index contributed by atoms with van der Waals surface area (Å²) in [6.07, 6.45) is 1.29. The van der Waals surface area contributed by atoms with Gasteiger partial charge in [-0.1, -0.05) is 35.3 Å². The maximum atomic E-state index is 13.5. The highest BCUT2D eigenvalue weighted by molar-refractivity contribution is 7.92. The molecular weight excluding hydrogens is 485 g/mol. The van der Waals surface area contributed by atoms with Crippen molar-refractivity contribution in [3.63, 3.8) is 0 Å². The quantitative estimate of drug-likeness (QED) is 0.383. The van der Waals surface area contributed by atoms with E-state index in [0.29, 0.717) is 16.4 Å². The van der Waals surface area contributed by atoms with Crippen molar-refractivity contribution in [1.82, 2.24) is 15.2 Å². The number of H-pyrrole nitrogens is 1. The summed E-state index contributed by atoms with van der Waals surface area (Å²) in [7, 11) is -4.05. The van der Waals surface area contributed by atoms with Gasteiger partial charge in [0.15, 0.2) is 11.5 Å². The van der Waals surface area contributed by atoms with E-state index in [9.17, 15) is 13.2 Å². The third-order valence-electron chi connectivity index (χ3n) is 5.01. The fraction of sp³-hybridized carbons (Fsp3) is 0.136. The number of benzene rings is 2. The predicted molar refractivity (Wildman–Crippen MR) is 130 cm³/mol. The molecule has 1 amide bonds. The third kappa shape index (κ3) is 4.52. The number of fused-ring (bicyclic) bond motifs is 1. The molecule has 4 aromatic rings. The van der Waals surface area contributed by atoms with Gasteiger partial charge in [0.25, 0.3) is 15.9 Å². The Bertz CT molecular complexity index is 1470. The molecule has 33 heavy (non-hydrogen) atoms. The molecule has 0 aliphatic carbocycles. The molecule has 170 valence electrons. The summed E-state index contributed by atoms with van der Waals surface area (Å²) < 4.78 is 28.5. The van der Waals surface area contributed by atoms with Gasteiger partial charge < -0.3 is 0 Å². The lowest BCUT2D eigenvalue weighted by molar-refractivity contribution is 0.0984. The number of pyridine rings is 1. The van der Waals surface area contributed by atoms with Crippen molar-refractivity contribution in [3.05, 3.63) is 76.0 Å². The van der Waals surface area contributed by atoms with E-state index in [1.54, 1.807) is 13.8 Å². The molecule has 11 heteroatoms. The van der Waals surface area contributed by atoms with Crippen LogP contribution in [0.2, 0.25) is 10.0 Å². The number of nitrogens with one attached hydrogen (secondary N) is 2. The van der Waals surface area contributed by atoms with E-state index in [1.807, 2.05) is 24.3 Å². The van der Waals surface area contributed by atoms with Crippen molar-refractivity contribution >= 4 is 61.5 Å². The number of sulfonamides is 1. The average molecular weight is 504 g/mol. The van der Waals surface area contributed by atoms with Crippen molar-refractivity contribution in [3.8, 4) is 0 Å². The Kier molecular flexibility index (Phi) is 6.29. The van der Waals surface area contributed by atoms with Crippen LogP contribution in [0.4, 0.5) is 11.5 Å². The molecule has 0 atom stereocenters. The number of aromatic nitrogens is 3. The topological polar surface area (TPSA) is 108 Å². The van der Waals surface area contributed by atoms with Gasteiger partial charge >= 0.3 is 0 Å². The standard InChI is InChI=1S/C22H19Cl2N5O3S/c1-3-29(21-16-6-4-5-7-18(16)26-27-21)22(30)20-19(11-14(23)12-25-20)28-33(31,32)15-8-9-17(24)13(2)10-15/h4-12,28H,3H2,1-2H3,(H,26,27). The molecule has 2 N–H and O–H groups in total. The van der Waals surface area contributed by atoms with E-state index < -0.39 is 15.9 Å². The molecular formula is C22H19Cl2N5O3S. The Balaban J connectivity index is 1.74. The normalized spacial score (nSPS) is 11.5. The summed E-state index contributed by atoms with van der Waals surface area (Å²) in [5.74, 6) is -0.117. The zero-order chi connectivity index (χ0) is 23.8. The van der Waals surface area contributed by atoms with Crippen LogP contribution in [0.5, 0.6) is 0 Å². The van der Waals surface area contributed by atoms with Gasteiger partial charge in [0.05, 0.1) is 21.1 Å². The number of amides is 1. The van der Waals surface area contributed by atoms with Crippen molar-refractivity contribution in [1.29, 1.82) is 0 Å². The fourth-order valence-electron chi connectivity index (χ4n) is 3.35. The molecule has 4 rings (SSSR count). The van der Waals surface area contributed by atoms with Crippen molar-refractivity contribution < 1.29 is 13.2 Å². The van der Waals surface area contributed by atoms with Crippen molar-refractivity contribution in [2.45, 2.75) is 18.7 Å². The van der Waals surface area contributed by atoms with Gasteiger partial charge in [-0.05, 0) is 55.8 Å². The van der Waals surface area contributed by atoms with Gasteiger partial charge in [-0.2, -0.15) is 5.10 Å². The number of hydrogen-bond acceptors (Lipinski definition) is 5. The highest BCUT2D eigenvalue weighted by Gasteiger charge is 2.26. The summed E-state index contributed by atoms with van der Waals surface area (Å²) in [5, 5.41) is 8.54. The molecule has 0 aliphatic heterocycles. The number of nitrogens with zero attached hydrogens (tertiary/aromatic N) is 3. The first-order chi connectivity index (χ1) is 15.7. The molecule has 0 radical (unpaired) electrons. The molecule has 2 aromatic carbocycles. The van der Waals surface area contributed by atoms with Gasteiger partial charge in [0.2, 0.25) is 0 Å². The molecule has 0 spiro atoms. The van der Waals surface area contributed by atoms with Gasteiger partial charge in [-0.15, -0.1) is 0 Å². The van der Waals surface area contributed by atoms with E-state index in [1.165, 1.54) is 35.4 Å². The van der Waals surface area contributed by atoms with Crippen LogP contribution in [0, 0.1) is 6.92 Å². The lowest BCUT2D eigenvalue weighted by atomic mass is 10.2. The van der Waals surface area contributed by atoms with Crippen LogP contribution in [0.25, 0.3) is 10.9 Å². The Morgan fingerprint density at radius 1 is 1.15 bits per heavy atom. The number of aryl methyl sites for hydroxylation is 1. The number of hydrogen-bond donors (Lipinski definition) is 2. The summed E-state index contributed by atoms with van der Waals surface area (Å²) in [4.78, 5) is 19.0. The highest BCUT2D eigenvalue weighted by atomic mass is 35.5. The van der Waals surface area contributed by atoms with E-state index in [-0.39, 0.29) is 27.8 Å². The second-order valence-electron chi connectivity index (χ2n) is 7.21. The van der Waals surface area contributed by atoms with Gasteiger partial charge in [0.1, 0.15) is 0 Å². The lowest BCUT2D eigenvalue weighted by Gasteiger charge is -2.20. The molecule has 2 aromatic heterocycles. The Morgan fingerprint density at radius 2 is 1.91 bits per heavy atom. The summed E-state index contributed by atoms with van der Waals surface area (Å²) in [6.45, 7) is 3.77. The highest BCUT2D eigenvalue weighted by Crippen LogP contribution is 2.29. The monoisotopic (exact) mass is 503 g/mol. The van der Waals surface area contributed by atoms with Gasteiger partial charge in [-0.3, -0.25) is 19.5 Å². The third-order valence-corrected chi connectivity index (χ3v) is 7.00. The van der Waals surface area contributed by atoms with Crippen LogP contribution in [0.1, 0.15) is 23.0 Å². The average Bonchev–Trinajstić information content (AvgIpc) is 3.20. The van der Waals surface area contributed by atoms with Crippen LogP contribution in [-0.2, 0) is 10.0 Å². The van der Waals surface area contributed by atoms with Crippen molar-refractivity contribution in [2.75, 3.05) is 16.2 Å². The largest absolute Gasteiger partial charge is 0.290 e. The molecule has 2 heterocycles. The van der Waals surface area contributed by atoms with Crippen LogP contribution in [0.3, 0.4) is 0 Å². The Hall–Kier alpha value is -3.14. The number of carbonyl (C=O) groups excluding carboxylic acids is 1. The molecule has 0 unspecified atom stereocenters. The lowest BCUT2D eigenvalue weighted by Crippen LogP contribution is -2.33. The second kappa shape index (κ2) is 9.01. The van der Waals surface area contributed by atoms with Crippen LogP contribution < -0.4 is 9.62 Å². The molecule has 0 aliphatic rings. The number of halogens is 2. The first-order valence-corrected chi connectivity index (χ1v) is 12.1. The number of carbonyl (C=O) groups is 1. The molecule has 0 saturated carbocycles. The van der Waals surface area contributed by atoms with E-state index in [2.05, 4.69) is 19.9 Å². The molecule has 8 nitrogen and oxygen atoms in total. The van der Waals surface area contributed by atoms with Crippen molar-refractivity contribution in [2.24, 2.45) is 0 Å². The fourth-order valence-corrected chi connectivity index (χ4v) is 4.77. The number of anilines is 2. The summed E-state index contributed by atoms with van der Waals surface area (Å²) >= 11 is 12.1. The van der Waals surface area contributed by atoms with Crippen LogP contribution in [-0.4, -0.2) is 36.1 Å². The van der Waals surface area contributed by atoms with E-state index in [0.717, 1.165) is 10.9 Å². The minimum atomic E-state index is -4.05. The van der Waals surface area contributed by atoms with Crippen LogP contribution >= 0.6 is 23.2 Å². The van der Waals surface area contributed by atoms with Gasteiger partial charge in [-0.25, -0.2) is 13.4 Å². The molecule has 0 saturated heterocycles. The number of rotatable bonds is 6. The summed E-state index contributed by atoms with van der Waals surface area (Å²) in [5.41, 5.74) is 1.21. The Morgan fingerprint density at radius 3 is 2.64 bits per heavy atom. The van der Waals surface area contributed by atoms with Crippen LogP contribution in [0.15, 0.2) is 59.6 Å². The van der Waals surface area contributed by atoms with Gasteiger partial charge in [0, 0.05) is 23.2 Å². The van der Waals surface area contributed by atoms with E-state index >= 15 is 0 Å². The minimum absolute atomic E-state index is 0.00609. The first kappa shape index (κ1) is 23.0. The SMILES string of the molecule is CCN(C(=O)c1ncc(Cl)cc1NS(=O)(=O)c1ccc(Cl)c(C)c1)c1n[nH]c2ccccc12. The minimum Gasteiger partial charge on any atom is -0.290 e. The zero-order valence-electron chi connectivity index (χ0n) is 17.6. The van der Waals surface area contributed by atoms with E-state index in [4.69, 9.17) is 23.2 Å². The number of para-hydroxylation sites is 1. The smallest absolute Gasteiger partial charge is 0.280 e. The molecule has 0 bridgehead atoms. The second-order valence-corrected chi connectivity index (χ2v) is 9.73. The molecule has 0 fully saturated rings.